The molecule has 2 fully saturated rings. The maximum Gasteiger partial charge on any atom is 0.351 e. The van der Waals surface area contributed by atoms with Crippen molar-refractivity contribution in [3.63, 3.8) is 0 Å². The number of hydrogen-bond donors (Lipinski definition) is 2. The van der Waals surface area contributed by atoms with Crippen LogP contribution in [-0.4, -0.2) is 62.6 Å². The lowest BCUT2D eigenvalue weighted by molar-refractivity contribution is -0.114. The van der Waals surface area contributed by atoms with Crippen LogP contribution in [0.5, 0.6) is 0 Å². The number of aliphatic hydroxyl groups is 1. The van der Waals surface area contributed by atoms with E-state index in [0.29, 0.717) is 0 Å². The van der Waals surface area contributed by atoms with E-state index in [2.05, 4.69) is 65.7 Å². The highest BCUT2D eigenvalue weighted by molar-refractivity contribution is 6.83. The molecule has 0 radical (unpaired) electrons. The number of amides is 1. The Morgan fingerprint density at radius 3 is 2.14 bits per heavy atom. The predicted octanol–water partition coefficient (Wildman–Crippen LogP) is 3.42. The minimum Gasteiger partial charge on any atom is -0.414 e. The van der Waals surface area contributed by atoms with Gasteiger partial charge in [0.15, 0.2) is 6.23 Å². The van der Waals surface area contributed by atoms with Crippen molar-refractivity contribution in [2.75, 3.05) is 11.9 Å². The SMILES string of the molecule is CC(=O)[15NH]c1ccn([C@@H]2O[C@@H]3CO[Si](C(C)C)(C(C)C)O[Si](C(C)C)(C(C)C)O[C@H]3[C@H]2O)c(=O)[15n]1. The van der Waals surface area contributed by atoms with Crippen LogP contribution in [-0.2, 0) is 22.5 Å². The fourth-order valence-corrected chi connectivity index (χ4v) is 16.4. The van der Waals surface area contributed by atoms with Gasteiger partial charge in [0.1, 0.15) is 24.1 Å². The van der Waals surface area contributed by atoms with E-state index >= 15 is 0 Å². The number of nitrogens with zero attached hydrogens (tertiary/aromatic N) is 2. The Labute approximate surface area is 209 Å². The molecule has 3 rings (SSSR count). The molecule has 35 heavy (non-hydrogen) atoms. The molecule has 10 nitrogen and oxygen atoms in total. The fraction of sp³-hybridized carbons (Fsp3) is 0.783. The van der Waals surface area contributed by atoms with Gasteiger partial charge in [-0.15, -0.1) is 0 Å². The van der Waals surface area contributed by atoms with Gasteiger partial charge in [0.05, 0.1) is 6.61 Å². The third-order valence-corrected chi connectivity index (χ3v) is 17.3. The maximum absolute atomic E-state index is 12.7. The number of aliphatic hydroxyl groups excluding tert-OH is 1. The lowest BCUT2D eigenvalue weighted by Gasteiger charge is -2.51. The maximum atomic E-state index is 12.7. The summed E-state index contributed by atoms with van der Waals surface area (Å²) in [7, 11) is -5.68. The molecule has 1 aromatic heterocycles. The Morgan fingerprint density at radius 2 is 1.66 bits per heavy atom. The molecule has 0 aliphatic carbocycles. The zero-order chi connectivity index (χ0) is 26.3. The molecule has 0 aromatic carbocycles. The quantitative estimate of drug-likeness (QED) is 0.425. The molecule has 0 spiro atoms. The molecule has 0 bridgehead atoms. The summed E-state index contributed by atoms with van der Waals surface area (Å²) in [4.78, 5) is 28.0. The summed E-state index contributed by atoms with van der Waals surface area (Å²) in [5, 5.41) is 13.8. The van der Waals surface area contributed by atoms with Gasteiger partial charge in [0.2, 0.25) is 5.91 Å². The summed E-state index contributed by atoms with van der Waals surface area (Å²) < 4.78 is 28.1. The van der Waals surface area contributed by atoms with Crippen molar-refractivity contribution in [2.24, 2.45) is 0 Å². The molecular formula is C23H41N3O7Si2. The summed E-state index contributed by atoms with van der Waals surface area (Å²) in [6.45, 7) is 18.5. The molecule has 2 N–H and O–H groups in total. The first-order chi connectivity index (χ1) is 16.2. The van der Waals surface area contributed by atoms with Crippen LogP contribution in [0.25, 0.3) is 0 Å². The Bertz CT molecular complexity index is 953. The number of fused-ring (bicyclic) bond motifs is 1. The number of anilines is 1. The second kappa shape index (κ2) is 10.5. The van der Waals surface area contributed by atoms with E-state index in [4.69, 9.17) is 17.7 Å². The van der Waals surface area contributed by atoms with Crippen LogP contribution in [0.15, 0.2) is 17.1 Å². The minimum absolute atomic E-state index is 0.0989. The van der Waals surface area contributed by atoms with Crippen molar-refractivity contribution in [2.45, 2.75) is 109 Å². The Morgan fingerprint density at radius 1 is 1.09 bits per heavy atom. The smallest absolute Gasteiger partial charge is 0.351 e. The van der Waals surface area contributed by atoms with Crippen molar-refractivity contribution >= 4 is 28.8 Å². The number of nitrogens with one attached hydrogen (secondary N) is 1. The number of ether oxygens (including phenoxy) is 1. The van der Waals surface area contributed by atoms with E-state index in [1.807, 2.05) is 0 Å². The molecule has 12 heteroatoms. The van der Waals surface area contributed by atoms with Crippen LogP contribution >= 0.6 is 0 Å². The molecule has 2 saturated heterocycles. The molecule has 198 valence electrons. The number of aromatic nitrogens is 2. The molecule has 3 heterocycles. The zero-order valence-corrected chi connectivity index (χ0v) is 24.3. The lowest BCUT2D eigenvalue weighted by Crippen LogP contribution is -2.65. The monoisotopic (exact) mass is 529 g/mol. The van der Waals surface area contributed by atoms with Crippen LogP contribution in [0.2, 0.25) is 22.2 Å². The van der Waals surface area contributed by atoms with Gasteiger partial charge in [-0.1, -0.05) is 55.4 Å². The van der Waals surface area contributed by atoms with Gasteiger partial charge in [0, 0.05) is 13.1 Å². The highest BCUT2D eigenvalue weighted by atomic mass is 28.5. The van der Waals surface area contributed by atoms with Gasteiger partial charge in [-0.25, -0.2) is 4.79 Å². The first-order valence-corrected chi connectivity index (χ1v) is 16.4. The molecule has 0 unspecified atom stereocenters. The van der Waals surface area contributed by atoms with Gasteiger partial charge < -0.3 is 28.1 Å². The second-order valence-corrected chi connectivity index (χ2v) is 19.6. The Balaban J connectivity index is 2.03. The number of carbonyl (C=O) groups excluding carboxylic acids is 1. The van der Waals surface area contributed by atoms with Crippen LogP contribution < -0.4 is 11.0 Å². The van der Waals surface area contributed by atoms with Crippen molar-refractivity contribution in [1.29, 1.82) is 0 Å². The molecule has 4 atom stereocenters. The summed E-state index contributed by atoms with van der Waals surface area (Å²) in [6, 6.07) is 1.50. The number of hydrogen-bond acceptors (Lipinski definition) is 8. The van der Waals surface area contributed by atoms with Gasteiger partial charge in [-0.05, 0) is 28.2 Å². The van der Waals surface area contributed by atoms with E-state index in [-0.39, 0.29) is 40.5 Å². The first-order valence-electron chi connectivity index (χ1n) is 12.5. The largest absolute Gasteiger partial charge is 0.414 e. The molecule has 2 aliphatic rings. The lowest BCUT2D eigenvalue weighted by atomic mass is 10.1. The van der Waals surface area contributed by atoms with Crippen molar-refractivity contribution in [3.05, 3.63) is 22.7 Å². The normalized spacial score (nSPS) is 28.3. The number of rotatable bonds is 6. The van der Waals surface area contributed by atoms with E-state index in [9.17, 15) is 14.7 Å². The zero-order valence-electron chi connectivity index (χ0n) is 22.3. The molecule has 2 aliphatic heterocycles. The van der Waals surface area contributed by atoms with Crippen molar-refractivity contribution in [3.8, 4) is 0 Å². The molecule has 1 aromatic rings. The summed E-state index contributed by atoms with van der Waals surface area (Å²) in [5.74, 6) is -0.191. The average molecular weight is 530 g/mol. The summed E-state index contributed by atoms with van der Waals surface area (Å²) in [5.41, 5.74) is -0.0794. The van der Waals surface area contributed by atoms with Gasteiger partial charge in [0.25, 0.3) is 0 Å². The van der Waals surface area contributed by atoms with Gasteiger partial charge >= 0.3 is 22.8 Å². The van der Waals surface area contributed by atoms with E-state index in [0.717, 1.165) is 0 Å². The van der Waals surface area contributed by atoms with E-state index < -0.39 is 47.4 Å². The minimum atomic E-state index is -2.93. The van der Waals surface area contributed by atoms with Crippen LogP contribution in [0.3, 0.4) is 0 Å². The fourth-order valence-electron chi connectivity index (χ4n) is 5.22. The predicted molar refractivity (Wildman–Crippen MR) is 137 cm³/mol. The third kappa shape index (κ3) is 5.20. The highest BCUT2D eigenvalue weighted by Gasteiger charge is 2.61. The van der Waals surface area contributed by atoms with Crippen LogP contribution in [0.1, 0.15) is 68.5 Å². The standard InChI is InChI=1S/C23H41N3O7Si2/c1-13(2)34(14(3)4)30-12-18-21(32-35(33-34,15(5)6)16(7)8)20(28)22(31-18)26-11-10-19(24-17(9)27)25-23(26)29/h10-11,13-16,18,20-22,28H,12H2,1-9H3,(H,24,25,27,29)/t18-,20-,21-,22-/m1/s1/i24+1,25+1. The summed E-state index contributed by atoms with van der Waals surface area (Å²) in [6.07, 6.45) is -1.96. The number of carbonyl (C=O) groups is 1. The van der Waals surface area contributed by atoms with E-state index in [1.54, 1.807) is 0 Å². The second-order valence-electron chi connectivity index (χ2n) is 10.8. The van der Waals surface area contributed by atoms with Crippen LogP contribution in [0, 0.1) is 0 Å². The Hall–Kier alpha value is -1.42. The van der Waals surface area contributed by atoms with Crippen molar-refractivity contribution in [1.82, 2.24) is 9.55 Å². The van der Waals surface area contributed by atoms with Crippen LogP contribution in [0.4, 0.5) is 5.82 Å². The topological polar surface area (TPSA) is 121 Å². The van der Waals surface area contributed by atoms with E-state index in [1.165, 1.54) is 23.8 Å². The summed E-state index contributed by atoms with van der Waals surface area (Å²) >= 11 is 0. The molecule has 1 amide bonds. The van der Waals surface area contributed by atoms with Crippen molar-refractivity contribution < 1.29 is 27.6 Å². The molecule has 0 saturated carbocycles. The van der Waals surface area contributed by atoms with Gasteiger partial charge in [-0.3, -0.25) is 9.36 Å². The highest BCUT2D eigenvalue weighted by Crippen LogP contribution is 2.48. The first kappa shape index (κ1) is 28.2. The van der Waals surface area contributed by atoms with Gasteiger partial charge in [-0.2, -0.15) is 4.98 Å². The average Bonchev–Trinajstić information content (AvgIpc) is 3.01. The Kier molecular flexibility index (Phi) is 8.46. The third-order valence-electron chi connectivity index (χ3n) is 7.05. The molecular weight excluding hydrogens is 488 g/mol.